The number of nitrogens with one attached hydrogen (secondary N) is 1. The lowest BCUT2D eigenvalue weighted by Gasteiger charge is -2.24. The molecule has 0 aromatic carbocycles. The molecule has 0 heterocycles. The van der Waals surface area contributed by atoms with Crippen LogP contribution >= 0.6 is 0 Å². The molecule has 134 valence electrons. The summed E-state index contributed by atoms with van der Waals surface area (Å²) in [7, 11) is 1.68. The quantitative estimate of drug-likeness (QED) is 0.518. The number of hydrogen-bond acceptors (Lipinski definition) is 5. The second-order valence-electron chi connectivity index (χ2n) is 6.46. The Labute approximate surface area is 144 Å². The summed E-state index contributed by atoms with van der Waals surface area (Å²) in [5.41, 5.74) is 1.93. The van der Waals surface area contributed by atoms with Crippen LogP contribution in [0.2, 0.25) is 0 Å². The number of aliphatic carboxylic acids is 1. The highest BCUT2D eigenvalue weighted by Gasteiger charge is 2.23. The van der Waals surface area contributed by atoms with Crippen molar-refractivity contribution in [2.45, 2.75) is 58.3 Å². The van der Waals surface area contributed by atoms with Gasteiger partial charge < -0.3 is 15.2 Å². The van der Waals surface area contributed by atoms with Crippen molar-refractivity contribution in [3.8, 4) is 0 Å². The van der Waals surface area contributed by atoms with E-state index in [0.717, 1.165) is 63.1 Å². The Kier molecular flexibility index (Phi) is 7.43. The first kappa shape index (κ1) is 18.6. The molecule has 0 spiro atoms. The highest BCUT2D eigenvalue weighted by atomic mass is 16.5. The topological polar surface area (TPSA) is 83.3 Å². The fraction of sp³-hybridized carbons (Fsp3) is 0.722. The number of hydrogen-bond donors (Lipinski definition) is 2. The van der Waals surface area contributed by atoms with Gasteiger partial charge in [-0.2, -0.15) is 10.2 Å². The van der Waals surface area contributed by atoms with Gasteiger partial charge in [-0.05, 0) is 64.0 Å². The summed E-state index contributed by atoms with van der Waals surface area (Å²) in [4.78, 5) is 11.3. The first-order valence-corrected chi connectivity index (χ1v) is 8.99. The minimum Gasteiger partial charge on any atom is -0.499 e. The highest BCUT2D eigenvalue weighted by Crippen LogP contribution is 2.33. The minimum atomic E-state index is -0.864. The third-order valence-electron chi connectivity index (χ3n) is 4.80. The molecule has 0 radical (unpaired) electrons. The number of allylic oxidation sites excluding steroid dienone is 3. The van der Waals surface area contributed by atoms with Crippen molar-refractivity contribution >= 4 is 5.97 Å². The Morgan fingerprint density at radius 1 is 1.25 bits per heavy atom. The van der Waals surface area contributed by atoms with Gasteiger partial charge in [0.2, 0.25) is 0 Å². The molecular formula is C18H29N3O3. The van der Waals surface area contributed by atoms with Crippen molar-refractivity contribution in [3.05, 3.63) is 22.7 Å². The smallest absolute Gasteiger partial charge is 0.333 e. The fourth-order valence-corrected chi connectivity index (χ4v) is 3.35. The zero-order valence-corrected chi connectivity index (χ0v) is 14.8. The summed E-state index contributed by atoms with van der Waals surface area (Å²) in [5.74, 6) is 0.651. The number of ether oxygens (including phenoxy) is 1. The molecule has 1 atom stereocenters. The van der Waals surface area contributed by atoms with Gasteiger partial charge in [0.15, 0.2) is 0 Å². The largest absolute Gasteiger partial charge is 0.499 e. The molecule has 1 unspecified atom stereocenters. The Hall–Kier alpha value is -1.69. The van der Waals surface area contributed by atoms with Crippen LogP contribution < -0.4 is 5.32 Å². The van der Waals surface area contributed by atoms with Crippen LogP contribution in [0.4, 0.5) is 0 Å². The van der Waals surface area contributed by atoms with E-state index in [1.165, 1.54) is 0 Å². The van der Waals surface area contributed by atoms with Crippen LogP contribution in [-0.4, -0.2) is 31.3 Å². The molecule has 0 aliphatic heterocycles. The monoisotopic (exact) mass is 335 g/mol. The SMILES string of the molecule is CCNCCC1CCC(N=NC2=C(C(=O)O)CCCC2)=C(OC)C1. The Morgan fingerprint density at radius 3 is 2.71 bits per heavy atom. The number of carboxylic acids is 1. The van der Waals surface area contributed by atoms with E-state index in [0.29, 0.717) is 30.0 Å². The number of carbonyl (C=O) groups is 1. The van der Waals surface area contributed by atoms with Crippen molar-refractivity contribution in [2.24, 2.45) is 16.1 Å². The van der Waals surface area contributed by atoms with E-state index < -0.39 is 5.97 Å². The van der Waals surface area contributed by atoms with Gasteiger partial charge in [-0.3, -0.25) is 0 Å². The first-order valence-electron chi connectivity index (χ1n) is 8.99. The predicted octanol–water partition coefficient (Wildman–Crippen LogP) is 4.01. The van der Waals surface area contributed by atoms with Crippen molar-refractivity contribution in [1.29, 1.82) is 0 Å². The molecule has 6 heteroatoms. The van der Waals surface area contributed by atoms with E-state index in [1.807, 2.05) is 0 Å². The maximum Gasteiger partial charge on any atom is 0.333 e. The molecule has 0 aromatic rings. The molecule has 0 saturated heterocycles. The number of methoxy groups -OCH3 is 1. The molecule has 2 aliphatic rings. The summed E-state index contributed by atoms with van der Waals surface area (Å²) in [5, 5.41) is 21.3. The van der Waals surface area contributed by atoms with E-state index in [-0.39, 0.29) is 0 Å². The molecular weight excluding hydrogens is 306 g/mol. The fourth-order valence-electron chi connectivity index (χ4n) is 3.35. The normalized spacial score (nSPS) is 22.3. The van der Waals surface area contributed by atoms with E-state index in [9.17, 15) is 9.90 Å². The van der Waals surface area contributed by atoms with Crippen LogP contribution in [0.1, 0.15) is 58.3 Å². The first-order chi connectivity index (χ1) is 11.7. The summed E-state index contributed by atoms with van der Waals surface area (Å²) >= 11 is 0. The molecule has 2 rings (SSSR count). The van der Waals surface area contributed by atoms with Gasteiger partial charge in [0, 0.05) is 6.42 Å². The molecule has 24 heavy (non-hydrogen) atoms. The van der Waals surface area contributed by atoms with Gasteiger partial charge in [-0.25, -0.2) is 4.79 Å². The molecule has 0 fully saturated rings. The second-order valence-corrected chi connectivity index (χ2v) is 6.46. The van der Waals surface area contributed by atoms with Crippen LogP contribution in [0, 0.1) is 5.92 Å². The second kappa shape index (κ2) is 9.57. The number of carboxylic acid groups (broad SMARTS) is 1. The maximum absolute atomic E-state index is 11.3. The third-order valence-corrected chi connectivity index (χ3v) is 4.80. The van der Waals surface area contributed by atoms with Gasteiger partial charge >= 0.3 is 5.97 Å². The van der Waals surface area contributed by atoms with E-state index >= 15 is 0 Å². The van der Waals surface area contributed by atoms with Gasteiger partial charge in [-0.15, -0.1) is 0 Å². The zero-order valence-electron chi connectivity index (χ0n) is 14.8. The lowest BCUT2D eigenvalue weighted by molar-refractivity contribution is -0.133. The summed E-state index contributed by atoms with van der Waals surface area (Å²) in [6.45, 7) is 4.15. The Balaban J connectivity index is 2.05. The van der Waals surface area contributed by atoms with Crippen LogP contribution in [-0.2, 0) is 9.53 Å². The van der Waals surface area contributed by atoms with Gasteiger partial charge in [-0.1, -0.05) is 6.92 Å². The van der Waals surface area contributed by atoms with Crippen LogP contribution in [0.15, 0.2) is 33.0 Å². The minimum absolute atomic E-state index is 0.420. The maximum atomic E-state index is 11.3. The molecule has 0 aromatic heterocycles. The van der Waals surface area contributed by atoms with Crippen LogP contribution in [0.5, 0.6) is 0 Å². The van der Waals surface area contributed by atoms with E-state index in [2.05, 4.69) is 22.5 Å². The molecule has 2 N–H and O–H groups in total. The van der Waals surface area contributed by atoms with E-state index in [1.54, 1.807) is 7.11 Å². The zero-order chi connectivity index (χ0) is 17.4. The number of rotatable bonds is 8. The van der Waals surface area contributed by atoms with Gasteiger partial charge in [0.25, 0.3) is 0 Å². The molecule has 0 amide bonds. The van der Waals surface area contributed by atoms with Crippen molar-refractivity contribution in [1.82, 2.24) is 5.32 Å². The van der Waals surface area contributed by atoms with Crippen LogP contribution in [0.25, 0.3) is 0 Å². The summed E-state index contributed by atoms with van der Waals surface area (Å²) in [6, 6.07) is 0. The molecule has 2 aliphatic carbocycles. The highest BCUT2D eigenvalue weighted by molar-refractivity contribution is 5.87. The average molecular weight is 335 g/mol. The molecule has 0 saturated carbocycles. The third kappa shape index (κ3) is 5.16. The molecule has 6 nitrogen and oxygen atoms in total. The predicted molar refractivity (Wildman–Crippen MR) is 92.5 cm³/mol. The summed E-state index contributed by atoms with van der Waals surface area (Å²) < 4.78 is 5.53. The number of nitrogens with zero attached hydrogens (tertiary/aromatic N) is 2. The lowest BCUT2D eigenvalue weighted by Crippen LogP contribution is -2.20. The Morgan fingerprint density at radius 2 is 2.00 bits per heavy atom. The van der Waals surface area contributed by atoms with Crippen molar-refractivity contribution in [3.63, 3.8) is 0 Å². The van der Waals surface area contributed by atoms with Crippen LogP contribution in [0.3, 0.4) is 0 Å². The molecule has 0 bridgehead atoms. The standard InChI is InChI=1S/C18H29N3O3/c1-3-19-11-10-13-8-9-16(17(12-13)24-2)21-20-15-7-5-4-6-14(15)18(22)23/h13,19H,3-12H2,1-2H3,(H,22,23). The Bertz CT molecular complexity index is 538. The van der Waals surface area contributed by atoms with E-state index in [4.69, 9.17) is 4.74 Å². The van der Waals surface area contributed by atoms with Crippen molar-refractivity contribution < 1.29 is 14.6 Å². The lowest BCUT2D eigenvalue weighted by atomic mass is 9.88. The van der Waals surface area contributed by atoms with Gasteiger partial charge in [0.05, 0.1) is 18.4 Å². The average Bonchev–Trinajstić information content (AvgIpc) is 2.60. The summed E-state index contributed by atoms with van der Waals surface area (Å²) in [6.07, 6.45) is 7.14. The number of azo groups is 1. The van der Waals surface area contributed by atoms with Gasteiger partial charge in [0.1, 0.15) is 11.5 Å². The van der Waals surface area contributed by atoms with Crippen molar-refractivity contribution in [2.75, 3.05) is 20.2 Å².